The lowest BCUT2D eigenvalue weighted by molar-refractivity contribution is -0.280. The number of hydrogen-bond donors (Lipinski definition) is 0. The van der Waals surface area contributed by atoms with Gasteiger partial charge in [-0.15, -0.1) is 0 Å². The summed E-state index contributed by atoms with van der Waals surface area (Å²) in [5.41, 5.74) is -3.81. The van der Waals surface area contributed by atoms with Crippen molar-refractivity contribution in [3.63, 3.8) is 0 Å². The molecule has 4 rings (SSSR count). The van der Waals surface area contributed by atoms with Gasteiger partial charge < -0.3 is 18.9 Å². The Morgan fingerprint density at radius 2 is 1.77 bits per heavy atom. The van der Waals surface area contributed by atoms with Crippen molar-refractivity contribution in [3.8, 4) is 0 Å². The molecule has 10 heteroatoms. The van der Waals surface area contributed by atoms with Gasteiger partial charge in [-0.1, -0.05) is 30.3 Å². The summed E-state index contributed by atoms with van der Waals surface area (Å²) in [5, 5.41) is 0. The maximum atomic E-state index is 14.1. The maximum absolute atomic E-state index is 14.1. The van der Waals surface area contributed by atoms with Gasteiger partial charge in [-0.05, 0) is 6.42 Å². The lowest BCUT2D eigenvalue weighted by atomic mass is 9.78. The number of carbonyl (C=O) groups is 3. The summed E-state index contributed by atoms with van der Waals surface area (Å²) in [6.45, 7) is 0. The van der Waals surface area contributed by atoms with E-state index in [2.05, 4.69) is 0 Å². The molecule has 1 aliphatic heterocycles. The number of esters is 3. The topological polar surface area (TPSA) is 88.1 Å². The molecule has 7 nitrogen and oxygen atoms in total. The van der Waals surface area contributed by atoms with E-state index in [1.54, 1.807) is 0 Å². The van der Waals surface area contributed by atoms with Crippen LogP contribution in [0.25, 0.3) is 0 Å². The van der Waals surface area contributed by atoms with Crippen molar-refractivity contribution in [1.82, 2.24) is 0 Å². The Labute approximate surface area is 169 Å². The second-order valence-electron chi connectivity index (χ2n) is 7.66. The summed E-state index contributed by atoms with van der Waals surface area (Å²) in [5.74, 6) is -5.73. The molecular weight excluding hydrogens is 409 g/mol. The maximum Gasteiger partial charge on any atom is 0.432 e. The lowest BCUT2D eigenvalue weighted by Gasteiger charge is -2.36. The highest BCUT2D eigenvalue weighted by molar-refractivity contribution is 5.87. The molecule has 1 heterocycles. The van der Waals surface area contributed by atoms with Gasteiger partial charge in [0.25, 0.3) is 5.60 Å². The third-order valence-electron chi connectivity index (χ3n) is 6.44. The minimum atomic E-state index is -5.13. The first-order valence-electron chi connectivity index (χ1n) is 9.34. The number of rotatable bonds is 5. The smallest absolute Gasteiger partial charge is 0.432 e. The first kappa shape index (κ1) is 20.6. The number of ether oxygens (including phenoxy) is 4. The molecule has 2 aliphatic carbocycles. The number of halogens is 3. The summed E-state index contributed by atoms with van der Waals surface area (Å²) in [6, 6.07) is 6.41. The van der Waals surface area contributed by atoms with Crippen molar-refractivity contribution in [1.29, 1.82) is 0 Å². The Morgan fingerprint density at radius 1 is 1.10 bits per heavy atom. The van der Waals surface area contributed by atoms with E-state index in [0.29, 0.717) is 6.42 Å². The van der Waals surface area contributed by atoms with Gasteiger partial charge in [0.2, 0.25) is 0 Å². The van der Waals surface area contributed by atoms with Gasteiger partial charge in [-0.25, -0.2) is 4.79 Å². The Balaban J connectivity index is 1.69. The monoisotopic (exact) mass is 428 g/mol. The van der Waals surface area contributed by atoms with Crippen LogP contribution in [0.1, 0.15) is 12.0 Å². The zero-order valence-electron chi connectivity index (χ0n) is 16.0. The molecule has 162 valence electrons. The van der Waals surface area contributed by atoms with E-state index in [1.807, 2.05) is 0 Å². The van der Waals surface area contributed by atoms with E-state index in [-0.39, 0.29) is 0 Å². The Kier molecular flexibility index (Phi) is 4.80. The molecule has 6 unspecified atom stereocenters. The van der Waals surface area contributed by atoms with Gasteiger partial charge in [0.15, 0.2) is 0 Å². The summed E-state index contributed by atoms with van der Waals surface area (Å²) >= 11 is 0. The quantitative estimate of drug-likeness (QED) is 0.524. The number of benzene rings is 1. The lowest BCUT2D eigenvalue weighted by Crippen LogP contribution is -2.54. The molecule has 1 aromatic rings. The largest absolute Gasteiger partial charge is 0.469 e. The second kappa shape index (κ2) is 6.97. The summed E-state index contributed by atoms with van der Waals surface area (Å²) in [6.07, 6.45) is -6.91. The minimum Gasteiger partial charge on any atom is -0.469 e. The average molecular weight is 428 g/mol. The third-order valence-corrected chi connectivity index (χ3v) is 6.44. The minimum absolute atomic E-state index is 0.316. The zero-order chi connectivity index (χ0) is 21.8. The van der Waals surface area contributed by atoms with E-state index < -0.39 is 71.1 Å². The van der Waals surface area contributed by atoms with Crippen LogP contribution in [0.15, 0.2) is 30.3 Å². The Hall–Kier alpha value is -2.62. The van der Waals surface area contributed by atoms with Crippen LogP contribution < -0.4 is 0 Å². The van der Waals surface area contributed by atoms with Crippen LogP contribution in [-0.2, 0) is 38.9 Å². The summed E-state index contributed by atoms with van der Waals surface area (Å²) in [7, 11) is 1.92. The van der Waals surface area contributed by atoms with Crippen LogP contribution in [0.4, 0.5) is 13.2 Å². The Morgan fingerprint density at radius 3 is 2.33 bits per heavy atom. The molecule has 0 aromatic heterocycles. The highest BCUT2D eigenvalue weighted by Crippen LogP contribution is 2.59. The zero-order valence-corrected chi connectivity index (χ0v) is 16.0. The molecule has 1 aromatic carbocycles. The number of hydrogen-bond acceptors (Lipinski definition) is 7. The van der Waals surface area contributed by atoms with Crippen LogP contribution in [-0.4, -0.2) is 50.5 Å². The van der Waals surface area contributed by atoms with Crippen molar-refractivity contribution < 1.29 is 46.5 Å². The van der Waals surface area contributed by atoms with Gasteiger partial charge in [-0.3, -0.25) is 9.59 Å². The Bertz CT molecular complexity index is 871. The van der Waals surface area contributed by atoms with E-state index in [4.69, 9.17) is 18.9 Å². The predicted molar refractivity (Wildman–Crippen MR) is 91.5 cm³/mol. The van der Waals surface area contributed by atoms with Gasteiger partial charge >= 0.3 is 24.1 Å². The fourth-order valence-electron chi connectivity index (χ4n) is 5.20. The molecular formula is C20H19F3O7. The molecule has 0 N–H and O–H groups in total. The predicted octanol–water partition coefficient (Wildman–Crippen LogP) is 1.98. The normalized spacial score (nSPS) is 33.7. The van der Waals surface area contributed by atoms with Crippen molar-refractivity contribution in [2.45, 2.75) is 30.4 Å². The molecule has 30 heavy (non-hydrogen) atoms. The number of alkyl halides is 3. The number of carbonyl (C=O) groups excluding carboxylic acids is 3. The van der Waals surface area contributed by atoms with Crippen molar-refractivity contribution in [2.24, 2.45) is 23.7 Å². The molecule has 0 spiro atoms. The second-order valence-corrected chi connectivity index (χ2v) is 7.66. The highest BCUT2D eigenvalue weighted by Gasteiger charge is 2.72. The fraction of sp³-hybridized carbons (Fsp3) is 0.550. The molecule has 3 aliphatic rings. The van der Waals surface area contributed by atoms with Gasteiger partial charge in [0.05, 0.1) is 18.9 Å². The third kappa shape index (κ3) is 2.65. The van der Waals surface area contributed by atoms with E-state index >= 15 is 0 Å². The standard InChI is InChI=1S/C20H19F3O7/c1-27-16(24)12-10-8-11-13(12)17(25)29-14(11)15(10)30-18(26)19(28-2,20(21,22)23)9-6-4-3-5-7-9/h3-7,10-15H,8H2,1-2H3/t10?,11?,12?,13?,14?,15?,19-/m1/s1. The first-order chi connectivity index (χ1) is 14.2. The number of methoxy groups -OCH3 is 2. The fourth-order valence-corrected chi connectivity index (χ4v) is 5.20. The van der Waals surface area contributed by atoms with Crippen LogP contribution in [0.5, 0.6) is 0 Å². The van der Waals surface area contributed by atoms with E-state index in [9.17, 15) is 27.6 Å². The molecule has 3 fully saturated rings. The van der Waals surface area contributed by atoms with Crippen LogP contribution in [0, 0.1) is 23.7 Å². The first-order valence-corrected chi connectivity index (χ1v) is 9.34. The van der Waals surface area contributed by atoms with Gasteiger partial charge in [-0.2, -0.15) is 13.2 Å². The highest BCUT2D eigenvalue weighted by atomic mass is 19.4. The number of fused-ring (bicyclic) bond motifs is 1. The van der Waals surface area contributed by atoms with Crippen molar-refractivity contribution in [3.05, 3.63) is 35.9 Å². The molecule has 1 saturated heterocycles. The summed E-state index contributed by atoms with van der Waals surface area (Å²) < 4.78 is 62.4. The molecule has 2 bridgehead atoms. The molecule has 0 radical (unpaired) electrons. The SMILES string of the molecule is COC(=O)C1C2CC3C(OC(=O)C31)C2OC(=O)[C@](OC)(c1ccccc1)C(F)(F)F. The van der Waals surface area contributed by atoms with Crippen molar-refractivity contribution >= 4 is 17.9 Å². The molecule has 7 atom stereocenters. The van der Waals surface area contributed by atoms with E-state index in [0.717, 1.165) is 26.4 Å². The van der Waals surface area contributed by atoms with E-state index in [1.165, 1.54) is 18.2 Å². The van der Waals surface area contributed by atoms with Gasteiger partial charge in [0, 0.05) is 24.5 Å². The average Bonchev–Trinajstić information content (AvgIpc) is 3.32. The van der Waals surface area contributed by atoms with Gasteiger partial charge in [0.1, 0.15) is 12.2 Å². The molecule has 2 saturated carbocycles. The van der Waals surface area contributed by atoms with Crippen LogP contribution >= 0.6 is 0 Å². The van der Waals surface area contributed by atoms with Crippen LogP contribution in [0.2, 0.25) is 0 Å². The van der Waals surface area contributed by atoms with Crippen LogP contribution in [0.3, 0.4) is 0 Å². The van der Waals surface area contributed by atoms with Crippen molar-refractivity contribution in [2.75, 3.05) is 14.2 Å². The molecule has 0 amide bonds. The summed E-state index contributed by atoms with van der Waals surface area (Å²) in [4.78, 5) is 37.4.